The van der Waals surface area contributed by atoms with E-state index in [4.69, 9.17) is 0 Å². The molecular weight excluding hydrogens is 737 g/mol. The van der Waals surface area contributed by atoms with Gasteiger partial charge in [0.05, 0.1) is 33.2 Å². The number of hydrogen-bond donors (Lipinski definition) is 0. The second-order valence-corrected chi connectivity index (χ2v) is 16.4. The van der Waals surface area contributed by atoms with Crippen molar-refractivity contribution in [1.29, 1.82) is 0 Å². The smallest absolute Gasteiger partial charge is 0.0720 e. The topological polar surface area (TPSA) is 9.86 Å². The van der Waals surface area contributed by atoms with Gasteiger partial charge in [-0.3, -0.25) is 0 Å². The average Bonchev–Trinajstić information content (AvgIpc) is 3.96. The molecule has 1 aliphatic carbocycles. The maximum absolute atomic E-state index is 2.53. The van der Waals surface area contributed by atoms with E-state index in [0.717, 1.165) is 0 Å². The fourth-order valence-electron chi connectivity index (χ4n) is 10.9. The van der Waals surface area contributed by atoms with Crippen molar-refractivity contribution in [1.82, 2.24) is 9.13 Å². The van der Waals surface area contributed by atoms with Gasteiger partial charge < -0.3 is 9.13 Å². The molecule has 61 heavy (non-hydrogen) atoms. The van der Waals surface area contributed by atoms with Crippen LogP contribution in [0.15, 0.2) is 231 Å². The quantitative estimate of drug-likeness (QED) is 0.165. The molecule has 1 aliphatic rings. The van der Waals surface area contributed by atoms with Gasteiger partial charge in [-0.1, -0.05) is 176 Å². The molecule has 0 saturated carbocycles. The van der Waals surface area contributed by atoms with Crippen molar-refractivity contribution in [2.24, 2.45) is 0 Å². The SMILES string of the molecule is c1ccc(-n2c3ccccc3c3cc(-c4ccc5c(c4)c4c6c(ccc4n5-c4cccc5ccccc45)-c4ccccc4C6(c4ccccc4)c4ccccc4)ccc32)cc1. The Morgan fingerprint density at radius 3 is 1.64 bits per heavy atom. The molecule has 0 fully saturated rings. The molecule has 10 aromatic carbocycles. The lowest BCUT2D eigenvalue weighted by Crippen LogP contribution is -2.28. The minimum absolute atomic E-state index is 0.556. The van der Waals surface area contributed by atoms with E-state index in [1.54, 1.807) is 0 Å². The Hall–Kier alpha value is -7.94. The fourth-order valence-corrected chi connectivity index (χ4v) is 10.9. The van der Waals surface area contributed by atoms with Crippen LogP contribution in [0.25, 0.3) is 88.0 Å². The van der Waals surface area contributed by atoms with Crippen molar-refractivity contribution in [3.63, 3.8) is 0 Å². The molecule has 0 amide bonds. The Labute approximate surface area is 353 Å². The molecule has 13 rings (SSSR count). The molecule has 12 aromatic rings. The number of fused-ring (bicyclic) bond motifs is 11. The lowest BCUT2D eigenvalue weighted by molar-refractivity contribution is 0.776. The second kappa shape index (κ2) is 13.0. The molecule has 0 unspecified atom stereocenters. The van der Waals surface area contributed by atoms with Gasteiger partial charge >= 0.3 is 0 Å². The lowest BCUT2D eigenvalue weighted by Gasteiger charge is -2.34. The van der Waals surface area contributed by atoms with Gasteiger partial charge in [0.25, 0.3) is 0 Å². The Bertz CT molecular complexity index is 3640. The third kappa shape index (κ3) is 4.73. The van der Waals surface area contributed by atoms with Crippen LogP contribution in [-0.2, 0) is 5.41 Å². The number of hydrogen-bond acceptors (Lipinski definition) is 0. The van der Waals surface area contributed by atoms with Gasteiger partial charge in [-0.2, -0.15) is 0 Å². The Kier molecular flexibility index (Phi) is 7.26. The van der Waals surface area contributed by atoms with Gasteiger partial charge in [0.2, 0.25) is 0 Å². The van der Waals surface area contributed by atoms with Crippen LogP contribution in [0.3, 0.4) is 0 Å². The summed E-state index contributed by atoms with van der Waals surface area (Å²) in [5.41, 5.74) is 16.8. The highest BCUT2D eigenvalue weighted by atomic mass is 15.0. The highest BCUT2D eigenvalue weighted by Gasteiger charge is 2.47. The molecule has 2 heterocycles. The molecule has 2 aromatic heterocycles. The van der Waals surface area contributed by atoms with Gasteiger partial charge in [-0.15, -0.1) is 0 Å². The van der Waals surface area contributed by atoms with Crippen molar-refractivity contribution in [2.75, 3.05) is 0 Å². The average molecular weight is 775 g/mol. The first-order valence-electron chi connectivity index (χ1n) is 21.2. The van der Waals surface area contributed by atoms with Crippen molar-refractivity contribution >= 4 is 54.4 Å². The molecule has 2 nitrogen and oxygen atoms in total. The molecular formula is C59H38N2. The predicted octanol–water partition coefficient (Wildman–Crippen LogP) is 15.1. The maximum Gasteiger partial charge on any atom is 0.0720 e. The molecule has 0 N–H and O–H groups in total. The molecule has 0 bridgehead atoms. The van der Waals surface area contributed by atoms with Gasteiger partial charge in [0, 0.05) is 32.6 Å². The molecule has 2 heteroatoms. The Balaban J connectivity index is 1.16. The first-order chi connectivity index (χ1) is 30.3. The number of rotatable bonds is 5. The second-order valence-electron chi connectivity index (χ2n) is 16.4. The van der Waals surface area contributed by atoms with Crippen molar-refractivity contribution < 1.29 is 0 Å². The highest BCUT2D eigenvalue weighted by Crippen LogP contribution is 2.59. The zero-order valence-electron chi connectivity index (χ0n) is 33.3. The summed E-state index contributed by atoms with van der Waals surface area (Å²) < 4.78 is 4.92. The van der Waals surface area contributed by atoms with E-state index in [-0.39, 0.29) is 0 Å². The van der Waals surface area contributed by atoms with Crippen LogP contribution in [0.2, 0.25) is 0 Å². The predicted molar refractivity (Wildman–Crippen MR) is 255 cm³/mol. The zero-order chi connectivity index (χ0) is 40.1. The summed E-state index contributed by atoms with van der Waals surface area (Å²) in [4.78, 5) is 0. The van der Waals surface area contributed by atoms with E-state index in [0.29, 0.717) is 0 Å². The molecule has 0 spiro atoms. The van der Waals surface area contributed by atoms with Crippen LogP contribution in [0.5, 0.6) is 0 Å². The van der Waals surface area contributed by atoms with E-state index in [9.17, 15) is 0 Å². The van der Waals surface area contributed by atoms with Crippen LogP contribution in [0, 0.1) is 0 Å². The third-order valence-corrected chi connectivity index (χ3v) is 13.4. The number of benzene rings is 10. The van der Waals surface area contributed by atoms with E-state index < -0.39 is 5.41 Å². The largest absolute Gasteiger partial charge is 0.309 e. The van der Waals surface area contributed by atoms with Crippen molar-refractivity contribution in [3.05, 3.63) is 253 Å². The molecule has 284 valence electrons. The first-order valence-corrected chi connectivity index (χ1v) is 21.2. The number of para-hydroxylation sites is 2. The van der Waals surface area contributed by atoms with E-state index >= 15 is 0 Å². The van der Waals surface area contributed by atoms with E-state index in [1.807, 2.05) is 0 Å². The minimum atomic E-state index is -0.556. The van der Waals surface area contributed by atoms with Crippen molar-refractivity contribution in [3.8, 4) is 33.6 Å². The van der Waals surface area contributed by atoms with Gasteiger partial charge in [0.15, 0.2) is 0 Å². The summed E-state index contributed by atoms with van der Waals surface area (Å²) in [5, 5.41) is 7.49. The summed E-state index contributed by atoms with van der Waals surface area (Å²) in [5.74, 6) is 0. The van der Waals surface area contributed by atoms with Crippen LogP contribution in [0.4, 0.5) is 0 Å². The molecule has 0 saturated heterocycles. The summed E-state index contributed by atoms with van der Waals surface area (Å²) in [6.07, 6.45) is 0. The first kappa shape index (κ1) is 34.0. The lowest BCUT2D eigenvalue weighted by atomic mass is 9.67. The van der Waals surface area contributed by atoms with Crippen LogP contribution in [-0.4, -0.2) is 9.13 Å². The van der Waals surface area contributed by atoms with Gasteiger partial charge in [0.1, 0.15) is 0 Å². The van der Waals surface area contributed by atoms with Crippen molar-refractivity contribution in [2.45, 2.75) is 5.41 Å². The highest BCUT2D eigenvalue weighted by molar-refractivity contribution is 6.17. The van der Waals surface area contributed by atoms with Gasteiger partial charge in [-0.05, 0) is 104 Å². The van der Waals surface area contributed by atoms with Crippen LogP contribution in [0.1, 0.15) is 22.3 Å². The third-order valence-electron chi connectivity index (χ3n) is 13.4. The fraction of sp³-hybridized carbons (Fsp3) is 0.0169. The standard InChI is InChI=1S/C59H38N2/c1-4-19-42(20-5-1)59(43-21-6-2-7-22-43)51-28-14-12-26-46(51)48-33-36-56-57(58(48)59)50-38-41(32-35-55(50)61(56)52-30-16-18-39-17-10-11-25-45(39)52)40-31-34-54-49(37-40)47-27-13-15-29-53(47)60(54)44-23-8-3-9-24-44/h1-38H. The number of nitrogens with zero attached hydrogens (tertiary/aromatic N) is 2. The summed E-state index contributed by atoms with van der Waals surface area (Å²) in [7, 11) is 0. The van der Waals surface area contributed by atoms with E-state index in [1.165, 1.54) is 110 Å². The summed E-state index contributed by atoms with van der Waals surface area (Å²) in [6, 6.07) is 85.4. The van der Waals surface area contributed by atoms with Crippen LogP contribution >= 0.6 is 0 Å². The normalized spacial score (nSPS) is 13.0. The van der Waals surface area contributed by atoms with Crippen LogP contribution < -0.4 is 0 Å². The minimum Gasteiger partial charge on any atom is -0.309 e. The summed E-state index contributed by atoms with van der Waals surface area (Å²) >= 11 is 0. The zero-order valence-corrected chi connectivity index (χ0v) is 33.3. The molecule has 0 aliphatic heterocycles. The molecule has 0 radical (unpaired) electrons. The summed E-state index contributed by atoms with van der Waals surface area (Å²) in [6.45, 7) is 0. The van der Waals surface area contributed by atoms with Gasteiger partial charge in [-0.25, -0.2) is 0 Å². The Morgan fingerprint density at radius 1 is 0.328 bits per heavy atom. The number of aromatic nitrogens is 2. The van der Waals surface area contributed by atoms with E-state index in [2.05, 4.69) is 240 Å². The maximum atomic E-state index is 2.53. The monoisotopic (exact) mass is 774 g/mol. The molecule has 0 atom stereocenters. The Morgan fingerprint density at radius 2 is 0.885 bits per heavy atom.